The van der Waals surface area contributed by atoms with Gasteiger partial charge in [-0.25, -0.2) is 0 Å². The second-order valence-corrected chi connectivity index (χ2v) is 5.42. The quantitative estimate of drug-likeness (QED) is 0.910. The van der Waals surface area contributed by atoms with E-state index in [1.165, 1.54) is 0 Å². The number of amides is 1. The first-order chi connectivity index (χ1) is 9.15. The molecule has 100 valence electrons. The van der Waals surface area contributed by atoms with Crippen molar-refractivity contribution >= 4 is 21.8 Å². The van der Waals surface area contributed by atoms with Crippen LogP contribution < -0.4 is 5.32 Å². The highest BCUT2D eigenvalue weighted by molar-refractivity contribution is 9.10. The lowest BCUT2D eigenvalue weighted by molar-refractivity contribution is 0.0938. The summed E-state index contributed by atoms with van der Waals surface area (Å²) in [5.74, 6) is 0.907. The molecule has 0 saturated carbocycles. The minimum Gasteiger partial charge on any atom is -0.469 e. The van der Waals surface area contributed by atoms with E-state index in [9.17, 15) is 4.79 Å². The second kappa shape index (κ2) is 6.57. The molecule has 0 aliphatic rings. The maximum absolute atomic E-state index is 12.0. The molecule has 1 atom stereocenters. The Morgan fingerprint density at radius 1 is 1.32 bits per heavy atom. The van der Waals surface area contributed by atoms with Gasteiger partial charge in [0, 0.05) is 22.5 Å². The summed E-state index contributed by atoms with van der Waals surface area (Å²) in [6.07, 6.45) is 3.35. The van der Waals surface area contributed by atoms with E-state index < -0.39 is 0 Å². The molecule has 0 spiro atoms. The van der Waals surface area contributed by atoms with Crippen molar-refractivity contribution < 1.29 is 9.21 Å². The summed E-state index contributed by atoms with van der Waals surface area (Å²) >= 11 is 3.35. The number of furan rings is 1. The van der Waals surface area contributed by atoms with Crippen LogP contribution in [0.25, 0.3) is 0 Å². The standard InChI is InChI=1S/C15H16BrNO2/c1-11(4-9-14-3-2-10-19-14)17-15(18)12-5-7-13(16)8-6-12/h2-3,5-8,10-11H,4,9H2,1H3,(H,17,18)/t11-/m0/s1. The van der Waals surface area contributed by atoms with Crippen molar-refractivity contribution in [2.45, 2.75) is 25.8 Å². The Morgan fingerprint density at radius 3 is 2.68 bits per heavy atom. The van der Waals surface area contributed by atoms with Gasteiger partial charge in [0.15, 0.2) is 0 Å². The maximum Gasteiger partial charge on any atom is 0.251 e. The number of benzene rings is 1. The Morgan fingerprint density at radius 2 is 2.05 bits per heavy atom. The first kappa shape index (κ1) is 13.9. The Labute approximate surface area is 121 Å². The number of carbonyl (C=O) groups is 1. The van der Waals surface area contributed by atoms with Gasteiger partial charge >= 0.3 is 0 Å². The SMILES string of the molecule is C[C@@H](CCc1ccco1)NC(=O)c1ccc(Br)cc1. The number of carbonyl (C=O) groups excluding carboxylic acids is 1. The van der Waals surface area contributed by atoms with Gasteiger partial charge in [0.05, 0.1) is 6.26 Å². The third kappa shape index (κ3) is 4.24. The molecule has 0 bridgehead atoms. The van der Waals surface area contributed by atoms with Gasteiger partial charge in [-0.05, 0) is 49.7 Å². The number of rotatable bonds is 5. The van der Waals surface area contributed by atoms with Crippen LogP contribution in [-0.4, -0.2) is 11.9 Å². The minimum absolute atomic E-state index is 0.0422. The van der Waals surface area contributed by atoms with E-state index in [0.717, 1.165) is 23.1 Å². The van der Waals surface area contributed by atoms with Gasteiger partial charge in [0.1, 0.15) is 5.76 Å². The molecule has 2 rings (SSSR count). The van der Waals surface area contributed by atoms with Gasteiger partial charge in [-0.15, -0.1) is 0 Å². The Kier molecular flexibility index (Phi) is 4.80. The fraction of sp³-hybridized carbons (Fsp3) is 0.267. The van der Waals surface area contributed by atoms with Gasteiger partial charge < -0.3 is 9.73 Å². The van der Waals surface area contributed by atoms with Crippen molar-refractivity contribution in [3.05, 3.63) is 58.5 Å². The number of hydrogen-bond acceptors (Lipinski definition) is 2. The third-order valence-corrected chi connectivity index (χ3v) is 3.42. The zero-order valence-electron chi connectivity index (χ0n) is 10.7. The summed E-state index contributed by atoms with van der Waals surface area (Å²) in [6.45, 7) is 2.00. The summed E-state index contributed by atoms with van der Waals surface area (Å²) in [5, 5.41) is 2.98. The molecule has 0 aliphatic carbocycles. The topological polar surface area (TPSA) is 42.2 Å². The molecule has 0 aliphatic heterocycles. The van der Waals surface area contributed by atoms with Gasteiger partial charge in [0.25, 0.3) is 5.91 Å². The highest BCUT2D eigenvalue weighted by Crippen LogP contribution is 2.11. The Balaban J connectivity index is 1.83. The van der Waals surface area contributed by atoms with Crippen molar-refractivity contribution in [3.8, 4) is 0 Å². The smallest absolute Gasteiger partial charge is 0.251 e. The van der Waals surface area contributed by atoms with E-state index in [0.29, 0.717) is 5.56 Å². The highest BCUT2D eigenvalue weighted by Gasteiger charge is 2.10. The molecule has 1 heterocycles. The summed E-state index contributed by atoms with van der Waals surface area (Å²) in [5.41, 5.74) is 0.674. The molecular formula is C15H16BrNO2. The molecule has 19 heavy (non-hydrogen) atoms. The predicted molar refractivity (Wildman–Crippen MR) is 78.1 cm³/mol. The molecule has 1 amide bonds. The Hall–Kier alpha value is -1.55. The molecule has 1 aromatic heterocycles. The predicted octanol–water partition coefficient (Wildman–Crippen LogP) is 3.79. The van der Waals surface area contributed by atoms with Crippen LogP contribution in [0.15, 0.2) is 51.6 Å². The van der Waals surface area contributed by atoms with Crippen LogP contribution in [-0.2, 0) is 6.42 Å². The Bertz CT molecular complexity index is 520. The maximum atomic E-state index is 12.0. The molecule has 0 saturated heterocycles. The summed E-state index contributed by atoms with van der Waals surface area (Å²) < 4.78 is 6.24. The van der Waals surface area contributed by atoms with E-state index in [1.807, 2.05) is 31.2 Å². The van der Waals surface area contributed by atoms with Crippen molar-refractivity contribution in [1.29, 1.82) is 0 Å². The monoisotopic (exact) mass is 321 g/mol. The largest absolute Gasteiger partial charge is 0.469 e. The van der Waals surface area contributed by atoms with Crippen LogP contribution in [0.4, 0.5) is 0 Å². The minimum atomic E-state index is -0.0422. The van der Waals surface area contributed by atoms with E-state index in [1.54, 1.807) is 18.4 Å². The molecule has 0 fully saturated rings. The zero-order valence-corrected chi connectivity index (χ0v) is 12.3. The van der Waals surface area contributed by atoms with Crippen LogP contribution in [0.1, 0.15) is 29.5 Å². The average molecular weight is 322 g/mol. The average Bonchev–Trinajstić information content (AvgIpc) is 2.90. The molecule has 3 nitrogen and oxygen atoms in total. The number of halogens is 1. The molecule has 0 unspecified atom stereocenters. The van der Waals surface area contributed by atoms with Gasteiger partial charge in [0.2, 0.25) is 0 Å². The van der Waals surface area contributed by atoms with E-state index in [2.05, 4.69) is 21.2 Å². The van der Waals surface area contributed by atoms with E-state index >= 15 is 0 Å². The summed E-state index contributed by atoms with van der Waals surface area (Å²) in [7, 11) is 0. The number of nitrogens with one attached hydrogen (secondary N) is 1. The molecule has 4 heteroatoms. The first-order valence-corrected chi connectivity index (χ1v) is 7.03. The molecule has 1 aromatic carbocycles. The number of aryl methyl sites for hydroxylation is 1. The van der Waals surface area contributed by atoms with Gasteiger partial charge in [-0.3, -0.25) is 4.79 Å². The fourth-order valence-corrected chi connectivity index (χ4v) is 2.06. The normalized spacial score (nSPS) is 12.1. The summed E-state index contributed by atoms with van der Waals surface area (Å²) in [6, 6.07) is 11.3. The van der Waals surface area contributed by atoms with Crippen molar-refractivity contribution in [3.63, 3.8) is 0 Å². The van der Waals surface area contributed by atoms with Crippen molar-refractivity contribution in [2.75, 3.05) is 0 Å². The van der Waals surface area contributed by atoms with Crippen LogP contribution in [0, 0.1) is 0 Å². The van der Waals surface area contributed by atoms with Crippen LogP contribution in [0.3, 0.4) is 0 Å². The lowest BCUT2D eigenvalue weighted by atomic mass is 10.1. The lowest BCUT2D eigenvalue weighted by Gasteiger charge is -2.13. The van der Waals surface area contributed by atoms with Crippen LogP contribution >= 0.6 is 15.9 Å². The van der Waals surface area contributed by atoms with Gasteiger partial charge in [-0.1, -0.05) is 15.9 Å². The van der Waals surface area contributed by atoms with Crippen LogP contribution in [0.5, 0.6) is 0 Å². The number of hydrogen-bond donors (Lipinski definition) is 1. The fourth-order valence-electron chi connectivity index (χ4n) is 1.79. The molecule has 1 N–H and O–H groups in total. The summed E-state index contributed by atoms with van der Waals surface area (Å²) in [4.78, 5) is 12.0. The zero-order chi connectivity index (χ0) is 13.7. The molecule has 0 radical (unpaired) electrons. The van der Waals surface area contributed by atoms with Crippen molar-refractivity contribution in [1.82, 2.24) is 5.32 Å². The molecule has 2 aromatic rings. The van der Waals surface area contributed by atoms with Gasteiger partial charge in [-0.2, -0.15) is 0 Å². The first-order valence-electron chi connectivity index (χ1n) is 6.24. The highest BCUT2D eigenvalue weighted by atomic mass is 79.9. The lowest BCUT2D eigenvalue weighted by Crippen LogP contribution is -2.32. The second-order valence-electron chi connectivity index (χ2n) is 4.50. The van der Waals surface area contributed by atoms with E-state index in [-0.39, 0.29) is 11.9 Å². The molecular weight excluding hydrogens is 306 g/mol. The van der Waals surface area contributed by atoms with E-state index in [4.69, 9.17) is 4.42 Å². The van der Waals surface area contributed by atoms with Crippen LogP contribution in [0.2, 0.25) is 0 Å². The van der Waals surface area contributed by atoms with Crippen molar-refractivity contribution in [2.24, 2.45) is 0 Å². The third-order valence-electron chi connectivity index (χ3n) is 2.89.